The molecule has 0 bridgehead atoms. The smallest absolute Gasteiger partial charge is 0.326 e. The van der Waals surface area contributed by atoms with Crippen LogP contribution in [0.3, 0.4) is 0 Å². The second-order valence-corrected chi connectivity index (χ2v) is 8.85. The minimum atomic E-state index is -1.17. The zero-order chi connectivity index (χ0) is 25.1. The van der Waals surface area contributed by atoms with Gasteiger partial charge in [-0.3, -0.25) is 14.4 Å². The van der Waals surface area contributed by atoms with Crippen molar-refractivity contribution in [2.75, 3.05) is 5.75 Å². The SMILES string of the molecule is CCC(C)C(NC(=O)C(NC(=O)C(N)CS)C(C)C)C(=O)NC(Cc1ccccc1)C(=O)O. The topological polar surface area (TPSA) is 151 Å². The molecule has 3 amide bonds. The number of amides is 3. The van der Waals surface area contributed by atoms with E-state index in [0.717, 1.165) is 5.56 Å². The molecule has 1 rings (SSSR count). The lowest BCUT2D eigenvalue weighted by atomic mass is 9.95. The molecule has 0 heterocycles. The molecule has 0 radical (unpaired) electrons. The maximum Gasteiger partial charge on any atom is 0.326 e. The quantitative estimate of drug-likeness (QED) is 0.229. The van der Waals surface area contributed by atoms with Gasteiger partial charge in [0.2, 0.25) is 17.7 Å². The summed E-state index contributed by atoms with van der Waals surface area (Å²) in [4.78, 5) is 50.0. The Hall–Kier alpha value is -2.59. The number of benzene rings is 1. The second kappa shape index (κ2) is 13.8. The highest BCUT2D eigenvalue weighted by atomic mass is 32.1. The Morgan fingerprint density at radius 2 is 1.48 bits per heavy atom. The summed E-state index contributed by atoms with van der Waals surface area (Å²) in [7, 11) is 0. The molecule has 0 saturated heterocycles. The average molecular weight is 481 g/mol. The van der Waals surface area contributed by atoms with Crippen LogP contribution in [0.15, 0.2) is 30.3 Å². The molecule has 33 heavy (non-hydrogen) atoms. The molecule has 0 aromatic heterocycles. The van der Waals surface area contributed by atoms with Crippen molar-refractivity contribution < 1.29 is 24.3 Å². The fourth-order valence-electron chi connectivity index (χ4n) is 3.13. The zero-order valence-electron chi connectivity index (χ0n) is 19.6. The van der Waals surface area contributed by atoms with Gasteiger partial charge in [0.05, 0.1) is 6.04 Å². The Kier molecular flexibility index (Phi) is 11.9. The summed E-state index contributed by atoms with van der Waals surface area (Å²) in [5.41, 5.74) is 6.45. The number of aliphatic carboxylic acids is 1. The summed E-state index contributed by atoms with van der Waals surface area (Å²) < 4.78 is 0. The normalized spacial score (nSPS) is 15.6. The first-order valence-corrected chi connectivity index (χ1v) is 11.7. The number of rotatable bonds is 13. The van der Waals surface area contributed by atoms with Crippen LogP contribution >= 0.6 is 12.6 Å². The van der Waals surface area contributed by atoms with Crippen molar-refractivity contribution in [2.45, 2.75) is 64.7 Å². The van der Waals surface area contributed by atoms with Gasteiger partial charge in [-0.25, -0.2) is 4.79 Å². The molecule has 0 fully saturated rings. The summed E-state index contributed by atoms with van der Waals surface area (Å²) in [6.07, 6.45) is 0.674. The predicted molar refractivity (Wildman–Crippen MR) is 130 cm³/mol. The minimum absolute atomic E-state index is 0.107. The van der Waals surface area contributed by atoms with Gasteiger partial charge in [-0.05, 0) is 17.4 Å². The third kappa shape index (κ3) is 9.05. The first kappa shape index (κ1) is 28.4. The standard InChI is InChI=1S/C23H36N4O5S/c1-5-14(4)19(27-21(29)18(13(2)3)26-20(28)16(24)12-33)22(30)25-17(23(31)32)11-15-9-7-6-8-10-15/h6-10,13-14,16-19,33H,5,11-12,24H2,1-4H3,(H,25,30)(H,26,28)(H,27,29)(H,31,32). The van der Waals surface area contributed by atoms with Crippen LogP contribution < -0.4 is 21.7 Å². The van der Waals surface area contributed by atoms with Crippen molar-refractivity contribution in [1.82, 2.24) is 16.0 Å². The highest BCUT2D eigenvalue weighted by Crippen LogP contribution is 2.12. The summed E-state index contributed by atoms with van der Waals surface area (Å²) in [6.45, 7) is 7.17. The van der Waals surface area contributed by atoms with E-state index in [2.05, 4.69) is 28.6 Å². The molecule has 0 aliphatic rings. The minimum Gasteiger partial charge on any atom is -0.480 e. The highest BCUT2D eigenvalue weighted by Gasteiger charge is 2.33. The van der Waals surface area contributed by atoms with Gasteiger partial charge in [-0.2, -0.15) is 12.6 Å². The van der Waals surface area contributed by atoms with Gasteiger partial charge < -0.3 is 26.8 Å². The Labute approximate surface area is 200 Å². The number of hydrogen-bond acceptors (Lipinski definition) is 6. The maximum atomic E-state index is 13.0. The molecule has 0 aliphatic carbocycles. The molecule has 0 spiro atoms. The molecule has 5 unspecified atom stereocenters. The van der Waals surface area contributed by atoms with Gasteiger partial charge >= 0.3 is 5.97 Å². The lowest BCUT2D eigenvalue weighted by molar-refractivity contribution is -0.142. The first-order valence-electron chi connectivity index (χ1n) is 11.1. The lowest BCUT2D eigenvalue weighted by Gasteiger charge is -2.29. The summed E-state index contributed by atoms with van der Waals surface area (Å²) in [6, 6.07) is 5.04. The zero-order valence-corrected chi connectivity index (χ0v) is 20.5. The van der Waals surface area contributed by atoms with Crippen molar-refractivity contribution in [3.63, 3.8) is 0 Å². The summed E-state index contributed by atoms with van der Waals surface area (Å²) in [5, 5.41) is 17.5. The molecular formula is C23H36N4O5S. The van der Waals surface area contributed by atoms with E-state index < -0.39 is 47.9 Å². The molecular weight excluding hydrogens is 444 g/mol. The number of carbonyl (C=O) groups is 4. The van der Waals surface area contributed by atoms with E-state index in [-0.39, 0.29) is 24.0 Å². The summed E-state index contributed by atoms with van der Waals surface area (Å²) in [5.74, 6) is -3.25. The molecule has 1 aromatic carbocycles. The number of nitrogens with one attached hydrogen (secondary N) is 3. The van der Waals surface area contributed by atoms with Crippen LogP contribution in [-0.4, -0.2) is 58.7 Å². The molecule has 184 valence electrons. The number of nitrogens with two attached hydrogens (primary N) is 1. The van der Waals surface area contributed by atoms with Crippen molar-refractivity contribution >= 4 is 36.3 Å². The third-order valence-electron chi connectivity index (χ3n) is 5.47. The van der Waals surface area contributed by atoms with Crippen LogP contribution in [-0.2, 0) is 25.6 Å². The van der Waals surface area contributed by atoms with E-state index in [1.165, 1.54) is 0 Å². The van der Waals surface area contributed by atoms with Gasteiger partial charge in [-0.15, -0.1) is 0 Å². The molecule has 0 aliphatic heterocycles. The predicted octanol–water partition coefficient (Wildman–Crippen LogP) is 0.727. The Bertz CT molecular complexity index is 805. The van der Waals surface area contributed by atoms with Crippen LogP contribution in [0.1, 0.15) is 39.7 Å². The number of hydrogen-bond donors (Lipinski definition) is 6. The number of thiol groups is 1. The highest BCUT2D eigenvalue weighted by molar-refractivity contribution is 7.80. The van der Waals surface area contributed by atoms with E-state index in [1.807, 2.05) is 13.0 Å². The monoisotopic (exact) mass is 480 g/mol. The van der Waals surface area contributed by atoms with E-state index in [9.17, 15) is 24.3 Å². The van der Waals surface area contributed by atoms with E-state index in [0.29, 0.717) is 6.42 Å². The first-order chi connectivity index (χ1) is 15.5. The molecule has 10 heteroatoms. The lowest BCUT2D eigenvalue weighted by Crippen LogP contribution is -2.60. The van der Waals surface area contributed by atoms with Gasteiger partial charge in [-0.1, -0.05) is 64.4 Å². The second-order valence-electron chi connectivity index (χ2n) is 8.48. The summed E-state index contributed by atoms with van der Waals surface area (Å²) >= 11 is 4.00. The van der Waals surface area contributed by atoms with Crippen LogP contribution in [0.4, 0.5) is 0 Å². The number of carboxylic acids is 1. The van der Waals surface area contributed by atoms with Gasteiger partial charge in [0.25, 0.3) is 0 Å². The Balaban J connectivity index is 3.00. The molecule has 9 nitrogen and oxygen atoms in total. The van der Waals surface area contributed by atoms with Gasteiger partial charge in [0.1, 0.15) is 18.1 Å². The van der Waals surface area contributed by atoms with E-state index in [1.54, 1.807) is 45.0 Å². The van der Waals surface area contributed by atoms with Crippen molar-refractivity contribution in [3.05, 3.63) is 35.9 Å². The molecule has 5 atom stereocenters. The molecule has 0 saturated carbocycles. The fourth-order valence-corrected chi connectivity index (χ4v) is 3.30. The maximum absolute atomic E-state index is 13.0. The van der Waals surface area contributed by atoms with Gasteiger partial charge in [0.15, 0.2) is 0 Å². The third-order valence-corrected chi connectivity index (χ3v) is 5.86. The largest absolute Gasteiger partial charge is 0.480 e. The average Bonchev–Trinajstić information content (AvgIpc) is 2.79. The van der Waals surface area contributed by atoms with Gasteiger partial charge in [0, 0.05) is 12.2 Å². The Morgan fingerprint density at radius 3 is 1.97 bits per heavy atom. The number of carboxylic acid groups (broad SMARTS) is 1. The van der Waals surface area contributed by atoms with E-state index in [4.69, 9.17) is 5.73 Å². The fraction of sp³-hybridized carbons (Fsp3) is 0.565. The number of carbonyl (C=O) groups excluding carboxylic acids is 3. The Morgan fingerprint density at radius 1 is 0.939 bits per heavy atom. The van der Waals surface area contributed by atoms with Crippen molar-refractivity contribution in [2.24, 2.45) is 17.6 Å². The molecule has 1 aromatic rings. The van der Waals surface area contributed by atoms with Crippen LogP contribution in [0, 0.1) is 11.8 Å². The van der Waals surface area contributed by atoms with Crippen LogP contribution in [0.5, 0.6) is 0 Å². The van der Waals surface area contributed by atoms with E-state index >= 15 is 0 Å². The van der Waals surface area contributed by atoms with Crippen molar-refractivity contribution in [1.29, 1.82) is 0 Å². The van der Waals surface area contributed by atoms with Crippen LogP contribution in [0.25, 0.3) is 0 Å². The molecule has 6 N–H and O–H groups in total. The van der Waals surface area contributed by atoms with Crippen LogP contribution in [0.2, 0.25) is 0 Å². The van der Waals surface area contributed by atoms with Crippen molar-refractivity contribution in [3.8, 4) is 0 Å².